The number of allylic oxidation sites excluding steroid dienone is 4. The molecule has 2 rings (SSSR count). The number of alkyl halides is 3. The van der Waals surface area contributed by atoms with Gasteiger partial charge in [-0.3, -0.25) is 0 Å². The van der Waals surface area contributed by atoms with Gasteiger partial charge >= 0.3 is 6.18 Å². The molecule has 0 N–H and O–H groups in total. The minimum absolute atomic E-state index is 0.0564. The van der Waals surface area contributed by atoms with Crippen LogP contribution < -0.4 is 0 Å². The van der Waals surface area contributed by atoms with E-state index in [2.05, 4.69) is 0 Å². The molecule has 4 heteroatoms. The maximum atomic E-state index is 12.8. The molecular weight excluding hydrogens is 277 g/mol. The van der Waals surface area contributed by atoms with Crippen molar-refractivity contribution in [1.82, 2.24) is 0 Å². The largest absolute Gasteiger partial charge is 0.416 e. The molecular formula is C17H19F3O. The zero-order valence-electron chi connectivity index (χ0n) is 12.2. The summed E-state index contributed by atoms with van der Waals surface area (Å²) >= 11 is 0. The lowest BCUT2D eigenvalue weighted by molar-refractivity contribution is -0.0888. The maximum absolute atomic E-state index is 12.8. The quantitative estimate of drug-likeness (QED) is 0.785. The lowest BCUT2D eigenvalue weighted by Gasteiger charge is -2.24. The van der Waals surface area contributed by atoms with Gasteiger partial charge in [-0.2, -0.15) is 13.2 Å². The zero-order chi connectivity index (χ0) is 15.5. The Morgan fingerprint density at radius 1 is 1.14 bits per heavy atom. The molecule has 2 atom stereocenters. The van der Waals surface area contributed by atoms with E-state index < -0.39 is 11.7 Å². The Kier molecular flexibility index (Phi) is 4.88. The predicted molar refractivity (Wildman–Crippen MR) is 77.2 cm³/mol. The molecule has 2 unspecified atom stereocenters. The van der Waals surface area contributed by atoms with Crippen LogP contribution in [-0.4, -0.2) is 19.9 Å². The molecule has 21 heavy (non-hydrogen) atoms. The van der Waals surface area contributed by atoms with Crippen molar-refractivity contribution in [2.45, 2.75) is 25.4 Å². The van der Waals surface area contributed by atoms with Gasteiger partial charge in [-0.15, -0.1) is 0 Å². The molecule has 0 bridgehead atoms. The lowest BCUT2D eigenvalue weighted by atomic mass is 9.81. The maximum Gasteiger partial charge on any atom is 0.416 e. The van der Waals surface area contributed by atoms with Gasteiger partial charge in [0.15, 0.2) is 0 Å². The van der Waals surface area contributed by atoms with Crippen molar-refractivity contribution in [1.29, 1.82) is 0 Å². The summed E-state index contributed by atoms with van der Waals surface area (Å²) in [6.45, 7) is 2.57. The van der Waals surface area contributed by atoms with E-state index in [0.29, 0.717) is 6.61 Å². The van der Waals surface area contributed by atoms with E-state index in [4.69, 9.17) is 4.74 Å². The van der Waals surface area contributed by atoms with Crippen LogP contribution in [0.25, 0.3) is 0 Å². The summed E-state index contributed by atoms with van der Waals surface area (Å²) in [7, 11) is 1.65. The van der Waals surface area contributed by atoms with Gasteiger partial charge in [-0.25, -0.2) is 0 Å². The van der Waals surface area contributed by atoms with E-state index in [0.717, 1.165) is 17.5 Å². The third-order valence-electron chi connectivity index (χ3n) is 3.79. The molecule has 1 aliphatic carbocycles. The summed E-state index contributed by atoms with van der Waals surface area (Å²) in [5.74, 6) is -0.177. The molecule has 114 valence electrons. The van der Waals surface area contributed by atoms with Crippen LogP contribution in [0.4, 0.5) is 13.2 Å². The minimum atomic E-state index is -4.28. The monoisotopic (exact) mass is 296 g/mol. The number of hydrogen-bond donors (Lipinski definition) is 0. The molecule has 0 saturated carbocycles. The Morgan fingerprint density at radius 2 is 1.81 bits per heavy atom. The van der Waals surface area contributed by atoms with Crippen molar-refractivity contribution in [3.8, 4) is 0 Å². The normalized spacial score (nSPS) is 22.2. The van der Waals surface area contributed by atoms with Gasteiger partial charge in [-0.05, 0) is 23.5 Å². The molecule has 0 spiro atoms. The molecule has 0 saturated heterocycles. The molecule has 0 heterocycles. The van der Waals surface area contributed by atoms with Crippen LogP contribution in [0.5, 0.6) is 0 Å². The van der Waals surface area contributed by atoms with E-state index in [-0.39, 0.29) is 11.8 Å². The number of ether oxygens (including phenoxy) is 1. The molecule has 1 aliphatic rings. The Bertz CT molecular complexity index is 526. The summed E-state index contributed by atoms with van der Waals surface area (Å²) in [4.78, 5) is 0. The van der Waals surface area contributed by atoms with Crippen LogP contribution in [0.1, 0.15) is 24.0 Å². The molecule has 0 radical (unpaired) electrons. The highest BCUT2D eigenvalue weighted by Crippen LogP contribution is 2.37. The first-order valence-corrected chi connectivity index (χ1v) is 6.97. The molecule has 0 aromatic heterocycles. The van der Waals surface area contributed by atoms with E-state index in [1.165, 1.54) is 12.2 Å². The first-order chi connectivity index (χ1) is 9.91. The SMILES string of the molecule is COCCc1ccc(C2C=C(C(F)(F)F)C=CC2C)cc1. The van der Waals surface area contributed by atoms with E-state index in [1.807, 2.05) is 31.2 Å². The summed E-state index contributed by atoms with van der Waals surface area (Å²) in [6.07, 6.45) is 0.656. The van der Waals surface area contributed by atoms with Crippen LogP contribution in [0.15, 0.2) is 48.1 Å². The number of methoxy groups -OCH3 is 1. The summed E-state index contributed by atoms with van der Waals surface area (Å²) in [5.41, 5.74) is 1.48. The van der Waals surface area contributed by atoms with Crippen LogP contribution >= 0.6 is 0 Å². The van der Waals surface area contributed by atoms with E-state index in [9.17, 15) is 13.2 Å². The van der Waals surface area contributed by atoms with Gasteiger partial charge in [0.2, 0.25) is 0 Å². The average Bonchev–Trinajstić information content (AvgIpc) is 2.45. The summed E-state index contributed by atoms with van der Waals surface area (Å²) < 4.78 is 43.5. The lowest BCUT2D eigenvalue weighted by Crippen LogP contribution is -2.17. The Morgan fingerprint density at radius 3 is 2.38 bits per heavy atom. The Balaban J connectivity index is 2.20. The van der Waals surface area contributed by atoms with Crippen molar-refractivity contribution < 1.29 is 17.9 Å². The molecule has 0 aliphatic heterocycles. The van der Waals surface area contributed by atoms with Crippen molar-refractivity contribution in [3.05, 3.63) is 59.2 Å². The average molecular weight is 296 g/mol. The highest BCUT2D eigenvalue weighted by atomic mass is 19.4. The number of halogens is 3. The third kappa shape index (κ3) is 3.97. The van der Waals surface area contributed by atoms with Gasteiger partial charge in [0.25, 0.3) is 0 Å². The highest BCUT2D eigenvalue weighted by Gasteiger charge is 2.35. The number of benzene rings is 1. The first kappa shape index (κ1) is 15.8. The Labute approximate surface area is 123 Å². The van der Waals surface area contributed by atoms with Crippen LogP contribution in [0.2, 0.25) is 0 Å². The van der Waals surface area contributed by atoms with Crippen molar-refractivity contribution in [2.24, 2.45) is 5.92 Å². The minimum Gasteiger partial charge on any atom is -0.384 e. The van der Waals surface area contributed by atoms with Gasteiger partial charge < -0.3 is 4.74 Å². The number of rotatable bonds is 4. The first-order valence-electron chi connectivity index (χ1n) is 6.97. The standard InChI is InChI=1S/C17H19F3O/c1-12-3-8-15(17(18,19)20)11-16(12)14-6-4-13(5-7-14)9-10-21-2/h3-8,11-12,16H,9-10H2,1-2H3. The fraction of sp³-hybridized carbons (Fsp3) is 0.412. The third-order valence-corrected chi connectivity index (χ3v) is 3.79. The Hall–Kier alpha value is -1.55. The second-order valence-corrected chi connectivity index (χ2v) is 5.35. The summed E-state index contributed by atoms with van der Waals surface area (Å²) in [6, 6.07) is 7.74. The fourth-order valence-electron chi connectivity index (χ4n) is 2.49. The van der Waals surface area contributed by atoms with E-state index >= 15 is 0 Å². The molecule has 1 aromatic rings. The van der Waals surface area contributed by atoms with Crippen LogP contribution in [0.3, 0.4) is 0 Å². The topological polar surface area (TPSA) is 9.23 Å². The van der Waals surface area contributed by atoms with Crippen LogP contribution in [0, 0.1) is 5.92 Å². The van der Waals surface area contributed by atoms with Crippen LogP contribution in [-0.2, 0) is 11.2 Å². The highest BCUT2D eigenvalue weighted by molar-refractivity contribution is 5.38. The molecule has 1 nitrogen and oxygen atoms in total. The molecule has 0 amide bonds. The van der Waals surface area contributed by atoms with Crippen molar-refractivity contribution in [3.63, 3.8) is 0 Å². The number of hydrogen-bond acceptors (Lipinski definition) is 1. The van der Waals surface area contributed by atoms with Gasteiger partial charge in [-0.1, -0.05) is 49.4 Å². The van der Waals surface area contributed by atoms with Gasteiger partial charge in [0.05, 0.1) is 12.2 Å². The van der Waals surface area contributed by atoms with Crippen molar-refractivity contribution >= 4 is 0 Å². The second-order valence-electron chi connectivity index (χ2n) is 5.35. The fourth-order valence-corrected chi connectivity index (χ4v) is 2.49. The van der Waals surface area contributed by atoms with Crippen molar-refractivity contribution in [2.75, 3.05) is 13.7 Å². The smallest absolute Gasteiger partial charge is 0.384 e. The van der Waals surface area contributed by atoms with Gasteiger partial charge in [0, 0.05) is 13.0 Å². The molecule has 1 aromatic carbocycles. The second kappa shape index (κ2) is 6.48. The molecule has 0 fully saturated rings. The zero-order valence-corrected chi connectivity index (χ0v) is 12.2. The predicted octanol–water partition coefficient (Wildman–Crippen LogP) is 4.65. The van der Waals surface area contributed by atoms with E-state index in [1.54, 1.807) is 13.2 Å². The van der Waals surface area contributed by atoms with Gasteiger partial charge in [0.1, 0.15) is 0 Å². The summed E-state index contributed by atoms with van der Waals surface area (Å²) in [5, 5.41) is 0.